The average Bonchev–Trinajstić information content (AvgIpc) is 3.45. The zero-order valence-corrected chi connectivity index (χ0v) is 21.7. The summed E-state index contributed by atoms with van der Waals surface area (Å²) in [7, 11) is -4.01. The SMILES string of the molecule is Cc1cccc(N2C(=O)[C@H]3[C@H](ON(c4ccccc4)[C@H]3c3ccc(OS(=O)(=O)c4ccccc4)cc3)C2=O)c1. The molecular formula is C30H24N2O6S. The lowest BCUT2D eigenvalue weighted by molar-refractivity contribution is -0.126. The number of carbonyl (C=O) groups excluding carboxylic acids is 2. The van der Waals surface area contributed by atoms with E-state index in [9.17, 15) is 18.0 Å². The number of hydroxylamine groups is 1. The number of hydrogen-bond donors (Lipinski definition) is 0. The lowest BCUT2D eigenvalue weighted by Crippen LogP contribution is -2.37. The highest BCUT2D eigenvalue weighted by Crippen LogP contribution is 2.47. The van der Waals surface area contributed by atoms with E-state index in [-0.39, 0.29) is 16.6 Å². The molecule has 0 aliphatic carbocycles. The molecule has 4 aromatic rings. The third-order valence-electron chi connectivity index (χ3n) is 6.85. The Labute approximate surface area is 226 Å². The van der Waals surface area contributed by atoms with Gasteiger partial charge in [-0.3, -0.25) is 14.4 Å². The number of para-hydroxylation sites is 1. The molecule has 0 radical (unpaired) electrons. The Morgan fingerprint density at radius 2 is 1.38 bits per heavy atom. The lowest BCUT2D eigenvalue weighted by atomic mass is 9.90. The Balaban J connectivity index is 1.35. The quantitative estimate of drug-likeness (QED) is 0.256. The Kier molecular flexibility index (Phi) is 6.17. The molecule has 2 heterocycles. The van der Waals surface area contributed by atoms with Gasteiger partial charge >= 0.3 is 10.1 Å². The Morgan fingerprint density at radius 1 is 0.744 bits per heavy atom. The smallest absolute Gasteiger partial charge is 0.339 e. The first kappa shape index (κ1) is 24.8. The molecule has 3 atom stereocenters. The average molecular weight is 541 g/mol. The van der Waals surface area contributed by atoms with Crippen molar-refractivity contribution in [1.29, 1.82) is 0 Å². The van der Waals surface area contributed by atoms with Gasteiger partial charge in [-0.25, -0.2) is 9.96 Å². The second kappa shape index (κ2) is 9.68. The zero-order chi connectivity index (χ0) is 27.1. The van der Waals surface area contributed by atoms with Crippen molar-refractivity contribution < 1.29 is 27.0 Å². The first-order valence-electron chi connectivity index (χ1n) is 12.4. The van der Waals surface area contributed by atoms with E-state index in [1.54, 1.807) is 53.6 Å². The normalized spacial score (nSPS) is 20.8. The highest BCUT2D eigenvalue weighted by Gasteiger charge is 2.60. The van der Waals surface area contributed by atoms with Crippen molar-refractivity contribution in [3.05, 3.63) is 120 Å². The number of nitrogens with zero attached hydrogens (tertiary/aromatic N) is 2. The van der Waals surface area contributed by atoms with Gasteiger partial charge in [0.15, 0.2) is 6.10 Å². The molecule has 6 rings (SSSR count). The van der Waals surface area contributed by atoms with E-state index in [2.05, 4.69) is 0 Å². The number of aryl methyl sites for hydroxylation is 1. The predicted octanol–water partition coefficient (Wildman–Crippen LogP) is 4.81. The van der Waals surface area contributed by atoms with Crippen LogP contribution in [0.15, 0.2) is 114 Å². The van der Waals surface area contributed by atoms with E-state index in [0.29, 0.717) is 16.9 Å². The van der Waals surface area contributed by atoms with Gasteiger partial charge < -0.3 is 4.18 Å². The molecule has 2 aliphatic heterocycles. The molecule has 9 heteroatoms. The lowest BCUT2D eigenvalue weighted by Gasteiger charge is -2.29. The molecule has 0 saturated carbocycles. The van der Waals surface area contributed by atoms with Gasteiger partial charge in [0.05, 0.1) is 17.4 Å². The highest BCUT2D eigenvalue weighted by atomic mass is 32.2. The minimum absolute atomic E-state index is 0.0441. The molecular weight excluding hydrogens is 516 g/mol. The summed E-state index contributed by atoms with van der Waals surface area (Å²) >= 11 is 0. The molecule has 39 heavy (non-hydrogen) atoms. The maximum Gasteiger partial charge on any atom is 0.339 e. The van der Waals surface area contributed by atoms with Crippen LogP contribution < -0.4 is 14.1 Å². The van der Waals surface area contributed by atoms with Crippen LogP contribution in [-0.4, -0.2) is 26.3 Å². The van der Waals surface area contributed by atoms with Crippen molar-refractivity contribution in [3.8, 4) is 5.75 Å². The van der Waals surface area contributed by atoms with Crippen LogP contribution in [0.25, 0.3) is 0 Å². The van der Waals surface area contributed by atoms with E-state index >= 15 is 0 Å². The van der Waals surface area contributed by atoms with Crippen molar-refractivity contribution in [3.63, 3.8) is 0 Å². The van der Waals surface area contributed by atoms with Crippen LogP contribution >= 0.6 is 0 Å². The van der Waals surface area contributed by atoms with Crippen molar-refractivity contribution in [1.82, 2.24) is 0 Å². The van der Waals surface area contributed by atoms with E-state index < -0.39 is 34.1 Å². The van der Waals surface area contributed by atoms with Gasteiger partial charge in [-0.1, -0.05) is 60.7 Å². The summed E-state index contributed by atoms with van der Waals surface area (Å²) < 4.78 is 30.7. The third kappa shape index (κ3) is 4.45. The number of imide groups is 1. The number of carbonyl (C=O) groups is 2. The second-order valence-corrected chi connectivity index (χ2v) is 11.0. The largest absolute Gasteiger partial charge is 0.379 e. The maximum atomic E-state index is 13.8. The molecule has 0 unspecified atom stereocenters. The minimum atomic E-state index is -4.01. The predicted molar refractivity (Wildman–Crippen MR) is 144 cm³/mol. The first-order valence-corrected chi connectivity index (χ1v) is 13.8. The van der Waals surface area contributed by atoms with Gasteiger partial charge in [0.25, 0.3) is 5.91 Å². The van der Waals surface area contributed by atoms with Gasteiger partial charge in [-0.2, -0.15) is 8.42 Å². The summed E-state index contributed by atoms with van der Waals surface area (Å²) in [4.78, 5) is 34.7. The van der Waals surface area contributed by atoms with Gasteiger partial charge in [0.2, 0.25) is 5.91 Å². The molecule has 8 nitrogen and oxygen atoms in total. The molecule has 4 aromatic carbocycles. The molecule has 0 aromatic heterocycles. The summed E-state index contributed by atoms with van der Waals surface area (Å²) in [6.07, 6.45) is -1.00. The first-order chi connectivity index (χ1) is 18.8. The molecule has 0 bridgehead atoms. The van der Waals surface area contributed by atoms with E-state index in [0.717, 1.165) is 5.56 Å². The van der Waals surface area contributed by atoms with Crippen LogP contribution in [0.2, 0.25) is 0 Å². The van der Waals surface area contributed by atoms with Crippen LogP contribution in [0.3, 0.4) is 0 Å². The zero-order valence-electron chi connectivity index (χ0n) is 20.9. The van der Waals surface area contributed by atoms with E-state index in [1.165, 1.54) is 29.2 Å². The van der Waals surface area contributed by atoms with Gasteiger partial charge in [-0.15, -0.1) is 0 Å². The molecule has 0 N–H and O–H groups in total. The highest BCUT2D eigenvalue weighted by molar-refractivity contribution is 7.87. The summed E-state index contributed by atoms with van der Waals surface area (Å²) in [6.45, 7) is 1.90. The monoisotopic (exact) mass is 540 g/mol. The standard InChI is InChI=1S/C30H24N2O6S/c1-20-9-8-12-23(19-20)31-29(33)26-27(32(37-28(26)30(31)34)22-10-4-2-5-11-22)21-15-17-24(18-16-21)38-39(35,36)25-13-6-3-7-14-25/h2-19,26-28H,1H3/t26-,27+,28+/m1/s1. The Bertz CT molecular complexity index is 1640. The molecule has 2 saturated heterocycles. The number of anilines is 2. The van der Waals surface area contributed by atoms with Gasteiger partial charge in [0.1, 0.15) is 16.6 Å². The van der Waals surface area contributed by atoms with Crippen molar-refractivity contribution in [2.75, 3.05) is 9.96 Å². The van der Waals surface area contributed by atoms with Crippen LogP contribution in [-0.2, 0) is 24.5 Å². The molecule has 0 spiro atoms. The number of fused-ring (bicyclic) bond motifs is 1. The van der Waals surface area contributed by atoms with Crippen LogP contribution in [0, 0.1) is 12.8 Å². The number of amides is 2. The molecule has 2 aliphatic rings. The van der Waals surface area contributed by atoms with E-state index in [4.69, 9.17) is 9.02 Å². The Hall–Kier alpha value is -4.47. The van der Waals surface area contributed by atoms with Crippen LogP contribution in [0.5, 0.6) is 5.75 Å². The van der Waals surface area contributed by atoms with Gasteiger partial charge in [-0.05, 0) is 66.6 Å². The maximum absolute atomic E-state index is 13.8. The minimum Gasteiger partial charge on any atom is -0.379 e. The molecule has 2 fully saturated rings. The van der Waals surface area contributed by atoms with Crippen LogP contribution in [0.4, 0.5) is 11.4 Å². The third-order valence-corrected chi connectivity index (χ3v) is 8.11. The number of rotatable bonds is 6. The Morgan fingerprint density at radius 3 is 2.05 bits per heavy atom. The number of benzene rings is 4. The summed E-state index contributed by atoms with van der Waals surface area (Å²) in [5, 5.41) is 1.59. The van der Waals surface area contributed by atoms with Crippen LogP contribution in [0.1, 0.15) is 17.2 Å². The van der Waals surface area contributed by atoms with Gasteiger partial charge in [0, 0.05) is 0 Å². The van der Waals surface area contributed by atoms with E-state index in [1.807, 2.05) is 43.3 Å². The molecule has 2 amide bonds. The van der Waals surface area contributed by atoms with Crippen molar-refractivity contribution in [2.24, 2.45) is 5.92 Å². The molecule has 196 valence electrons. The number of hydrogen-bond acceptors (Lipinski definition) is 7. The fraction of sp³-hybridized carbons (Fsp3) is 0.133. The fourth-order valence-electron chi connectivity index (χ4n) is 5.06. The van der Waals surface area contributed by atoms with Crippen molar-refractivity contribution >= 4 is 33.3 Å². The summed E-state index contributed by atoms with van der Waals surface area (Å²) in [5.74, 6) is -1.46. The summed E-state index contributed by atoms with van der Waals surface area (Å²) in [5.41, 5.74) is 2.78. The summed E-state index contributed by atoms with van der Waals surface area (Å²) in [6, 6.07) is 30.1. The fourth-order valence-corrected chi connectivity index (χ4v) is 6.01. The topological polar surface area (TPSA) is 93.2 Å². The van der Waals surface area contributed by atoms with Crippen molar-refractivity contribution in [2.45, 2.75) is 24.0 Å². The second-order valence-electron chi connectivity index (χ2n) is 9.43.